The van der Waals surface area contributed by atoms with E-state index in [0.29, 0.717) is 38.6 Å². The first-order valence-electron chi connectivity index (χ1n) is 12.7. The second-order valence-electron chi connectivity index (χ2n) is 10.1. The van der Waals surface area contributed by atoms with Crippen LogP contribution in [-0.4, -0.2) is 21.1 Å². The molecule has 0 aliphatic carbocycles. The Morgan fingerprint density at radius 1 is 0.512 bits per heavy atom. The van der Waals surface area contributed by atoms with Crippen molar-refractivity contribution in [2.45, 2.75) is 0 Å². The first-order chi connectivity index (χ1) is 19.3. The lowest BCUT2D eigenvalue weighted by molar-refractivity contribution is -0.00000835. The van der Waals surface area contributed by atoms with Gasteiger partial charge in [0, 0.05) is 16.8 Å². The first-order valence-corrected chi connectivity index (χ1v) is 12.7. The summed E-state index contributed by atoms with van der Waals surface area (Å²) >= 11 is 0. The van der Waals surface area contributed by atoms with Gasteiger partial charge >= 0.3 is 0 Å². The smallest absolute Gasteiger partial charge is 0.138 e. The number of halogens is 1. The normalized spacial score (nSPS) is 12.0. The molecule has 10 heteroatoms. The van der Waals surface area contributed by atoms with Crippen LogP contribution in [0.25, 0.3) is 10.8 Å². The van der Waals surface area contributed by atoms with E-state index < -0.39 is 0 Å². The van der Waals surface area contributed by atoms with Crippen LogP contribution in [-0.2, 0) is 0 Å². The van der Waals surface area contributed by atoms with Crippen molar-refractivity contribution < 1.29 is 12.4 Å². The number of azo groups is 3. The number of nitrogens with zero attached hydrogens (tertiary/aromatic N) is 7. The fourth-order valence-electron chi connectivity index (χ4n) is 4.03. The van der Waals surface area contributed by atoms with E-state index in [2.05, 4.69) is 57.9 Å². The summed E-state index contributed by atoms with van der Waals surface area (Å²) in [5.41, 5.74) is 17.8. The standard InChI is InChI=1S/C31H30N9.ClH/c1-40(2,3)23-13-9-12-22(20-23)35-36-27-18-19-28(25-15-8-7-14-24(25)27)37-38-29-17-16-26(32)30(33)31(29)39-34-21-10-5-4-6-11-21;/h4-20H,32-33H2,1-3H3;1H/q+1;/p-1. The maximum absolute atomic E-state index is 6.24. The Morgan fingerprint density at radius 2 is 1.05 bits per heavy atom. The molecule has 41 heavy (non-hydrogen) atoms. The summed E-state index contributed by atoms with van der Waals surface area (Å²) in [5.74, 6) is 0. The zero-order valence-electron chi connectivity index (χ0n) is 23.0. The molecule has 0 bridgehead atoms. The molecular formula is C31H30ClN9. The van der Waals surface area contributed by atoms with Crippen LogP contribution < -0.4 is 28.4 Å². The van der Waals surface area contributed by atoms with Crippen LogP contribution in [0, 0.1) is 0 Å². The highest BCUT2D eigenvalue weighted by atomic mass is 35.5. The van der Waals surface area contributed by atoms with E-state index in [9.17, 15) is 0 Å². The van der Waals surface area contributed by atoms with Crippen molar-refractivity contribution >= 4 is 62.0 Å². The zero-order chi connectivity index (χ0) is 28.1. The fraction of sp³-hybridized carbons (Fsp3) is 0.0968. The monoisotopic (exact) mass is 563 g/mol. The minimum absolute atomic E-state index is 0. The van der Waals surface area contributed by atoms with Gasteiger partial charge in [-0.1, -0.05) is 48.5 Å². The van der Waals surface area contributed by atoms with Crippen LogP contribution in [0.4, 0.5) is 51.2 Å². The van der Waals surface area contributed by atoms with E-state index in [-0.39, 0.29) is 12.4 Å². The van der Waals surface area contributed by atoms with Crippen LogP contribution in [0.5, 0.6) is 0 Å². The van der Waals surface area contributed by atoms with E-state index in [4.69, 9.17) is 11.5 Å². The summed E-state index contributed by atoms with van der Waals surface area (Å²) in [6.07, 6.45) is 0. The summed E-state index contributed by atoms with van der Waals surface area (Å²) in [5, 5.41) is 28.5. The predicted octanol–water partition coefficient (Wildman–Crippen LogP) is 6.45. The Kier molecular flexibility index (Phi) is 8.81. The second kappa shape index (κ2) is 12.5. The highest BCUT2D eigenvalue weighted by Crippen LogP contribution is 2.41. The fourth-order valence-corrected chi connectivity index (χ4v) is 4.03. The Labute approximate surface area is 245 Å². The number of hydrogen-bond donors (Lipinski definition) is 2. The number of fused-ring (bicyclic) bond motifs is 1. The maximum Gasteiger partial charge on any atom is 0.138 e. The molecule has 0 atom stereocenters. The average molecular weight is 564 g/mol. The zero-order valence-corrected chi connectivity index (χ0v) is 23.7. The van der Waals surface area contributed by atoms with Gasteiger partial charge in [-0.15, -0.1) is 20.5 Å². The van der Waals surface area contributed by atoms with Crippen LogP contribution in [0.2, 0.25) is 0 Å². The van der Waals surface area contributed by atoms with Gasteiger partial charge in [0.2, 0.25) is 0 Å². The molecule has 0 saturated heterocycles. The number of anilines is 2. The Morgan fingerprint density at radius 3 is 1.71 bits per heavy atom. The number of benzene rings is 5. The van der Waals surface area contributed by atoms with Gasteiger partial charge in [-0.25, -0.2) is 0 Å². The maximum atomic E-state index is 6.24. The molecule has 0 fully saturated rings. The molecule has 5 aromatic carbocycles. The summed E-state index contributed by atoms with van der Waals surface area (Å²) in [6, 6.07) is 32.5. The Hall–Kier alpha value is -4.99. The number of rotatable bonds is 7. The molecule has 0 spiro atoms. The van der Waals surface area contributed by atoms with Crippen molar-refractivity contribution in [1.29, 1.82) is 0 Å². The van der Waals surface area contributed by atoms with Crippen molar-refractivity contribution in [3.05, 3.63) is 103 Å². The Bertz CT molecular complexity index is 1760. The molecule has 4 N–H and O–H groups in total. The molecule has 0 unspecified atom stereocenters. The number of hydrogen-bond acceptors (Lipinski definition) is 8. The third-order valence-corrected chi connectivity index (χ3v) is 6.27. The van der Waals surface area contributed by atoms with Gasteiger partial charge in [-0.3, -0.25) is 4.48 Å². The minimum atomic E-state index is 0. The van der Waals surface area contributed by atoms with Crippen molar-refractivity contribution in [3.8, 4) is 0 Å². The molecule has 0 radical (unpaired) electrons. The molecule has 5 aromatic rings. The molecule has 0 aliphatic rings. The molecule has 0 aliphatic heterocycles. The van der Waals surface area contributed by atoms with Crippen molar-refractivity contribution in [2.75, 3.05) is 32.6 Å². The van der Waals surface area contributed by atoms with Gasteiger partial charge in [0.1, 0.15) is 17.1 Å². The summed E-state index contributed by atoms with van der Waals surface area (Å²) < 4.78 is 0.695. The summed E-state index contributed by atoms with van der Waals surface area (Å²) in [7, 11) is 6.35. The van der Waals surface area contributed by atoms with Gasteiger partial charge in [0.05, 0.1) is 55.3 Å². The summed E-state index contributed by atoms with van der Waals surface area (Å²) in [6.45, 7) is 0. The van der Waals surface area contributed by atoms with Crippen LogP contribution in [0.1, 0.15) is 0 Å². The summed E-state index contributed by atoms with van der Waals surface area (Å²) in [4.78, 5) is 0. The molecule has 0 amide bonds. The molecular weight excluding hydrogens is 534 g/mol. The van der Waals surface area contributed by atoms with Crippen LogP contribution in [0.3, 0.4) is 0 Å². The molecule has 0 saturated carbocycles. The van der Waals surface area contributed by atoms with Gasteiger partial charge in [-0.2, -0.15) is 10.2 Å². The van der Waals surface area contributed by atoms with E-state index in [1.807, 2.05) is 84.9 Å². The van der Waals surface area contributed by atoms with Gasteiger partial charge < -0.3 is 23.9 Å². The average Bonchev–Trinajstić information content (AvgIpc) is 2.96. The van der Waals surface area contributed by atoms with E-state index >= 15 is 0 Å². The van der Waals surface area contributed by atoms with Crippen molar-refractivity contribution in [3.63, 3.8) is 0 Å². The molecule has 5 rings (SSSR count). The highest BCUT2D eigenvalue weighted by molar-refractivity contribution is 5.99. The third-order valence-electron chi connectivity index (χ3n) is 6.27. The molecule has 9 nitrogen and oxygen atoms in total. The largest absolute Gasteiger partial charge is 1.00 e. The van der Waals surface area contributed by atoms with E-state index in [1.54, 1.807) is 12.1 Å². The van der Waals surface area contributed by atoms with Crippen LogP contribution >= 0.6 is 0 Å². The minimum Gasteiger partial charge on any atom is -1.00 e. The topological polar surface area (TPSA) is 126 Å². The van der Waals surface area contributed by atoms with Crippen molar-refractivity contribution in [1.82, 2.24) is 4.48 Å². The quantitative estimate of drug-likeness (QED) is 0.134. The van der Waals surface area contributed by atoms with E-state index in [1.165, 1.54) is 0 Å². The molecule has 0 heterocycles. The lowest BCUT2D eigenvalue weighted by atomic mass is 10.1. The molecule has 206 valence electrons. The number of nitrogen functional groups attached to an aromatic ring is 2. The first kappa shape index (κ1) is 29.0. The lowest BCUT2D eigenvalue weighted by Crippen LogP contribution is -3.00. The third kappa shape index (κ3) is 6.78. The Balaban J connectivity index is 0.00000387. The number of nitrogens with two attached hydrogens (primary N) is 2. The highest BCUT2D eigenvalue weighted by Gasteiger charge is 2.13. The van der Waals surface area contributed by atoms with Crippen LogP contribution in [0.15, 0.2) is 134 Å². The van der Waals surface area contributed by atoms with E-state index in [0.717, 1.165) is 27.8 Å². The van der Waals surface area contributed by atoms with Gasteiger partial charge in [-0.05, 0) is 48.5 Å². The molecule has 0 aromatic heterocycles. The van der Waals surface area contributed by atoms with Gasteiger partial charge in [0.25, 0.3) is 0 Å². The van der Waals surface area contributed by atoms with Gasteiger partial charge in [0.15, 0.2) is 0 Å². The van der Waals surface area contributed by atoms with Crippen molar-refractivity contribution in [2.24, 2.45) is 30.7 Å². The number of quaternary nitrogens is 1. The predicted molar refractivity (Wildman–Crippen MR) is 164 cm³/mol. The SMILES string of the molecule is C[N+](C)(C)c1cccc(N=Nc2ccc(N=Nc3ccc(N)c(N)c3N=Nc3ccccc3)c3ccccc23)c1.[Cl-]. The lowest BCUT2D eigenvalue weighted by Gasteiger charge is -2.23. The second-order valence-corrected chi connectivity index (χ2v) is 10.1.